The van der Waals surface area contributed by atoms with Crippen molar-refractivity contribution >= 4 is 46.1 Å². The maximum Gasteiger partial charge on any atom is 0.270 e. The molecular weight excluding hydrogens is 606 g/mol. The summed E-state index contributed by atoms with van der Waals surface area (Å²) in [5, 5.41) is 21.0. The van der Waals surface area contributed by atoms with E-state index in [1.807, 2.05) is 20.8 Å². The summed E-state index contributed by atoms with van der Waals surface area (Å²) in [6.07, 6.45) is 4.32. The standard InChI is InChI=1S/C35H44ClN5O5/c1-35(2,3)41-32(44)23-14-8-7-13-22(23)18-30(42)27(17-21-11-5-4-6-12-21)39-34(46)29(20-31(37)43)40-33(45)28-19-25(36)24-15-9-10-16-26(24)38-28/h7-10,13-16,19,21,27,29-30,42H,4-6,11-12,17-18,20H2,1-3H3,(H2,37,43)(H,39,46)(H,40,45)(H,41,44)/t27-,29-,30+/m0/s1. The Morgan fingerprint density at radius 1 is 0.978 bits per heavy atom. The molecule has 0 unspecified atom stereocenters. The first-order valence-corrected chi connectivity index (χ1v) is 16.2. The lowest BCUT2D eigenvalue weighted by Crippen LogP contribution is -2.54. The summed E-state index contributed by atoms with van der Waals surface area (Å²) in [5.41, 5.74) is 6.60. The molecule has 1 aliphatic carbocycles. The fraction of sp³-hybridized carbons (Fsp3) is 0.457. The zero-order valence-corrected chi connectivity index (χ0v) is 27.4. The number of carbonyl (C=O) groups is 4. The summed E-state index contributed by atoms with van der Waals surface area (Å²) in [7, 11) is 0. The molecule has 0 saturated heterocycles. The number of nitrogens with one attached hydrogen (secondary N) is 3. The molecule has 0 aliphatic heterocycles. The van der Waals surface area contributed by atoms with Crippen LogP contribution in [0.15, 0.2) is 54.6 Å². The Morgan fingerprint density at radius 3 is 2.35 bits per heavy atom. The number of benzene rings is 2. The number of rotatable bonds is 12. The fourth-order valence-electron chi connectivity index (χ4n) is 5.96. The first-order chi connectivity index (χ1) is 21.8. The molecule has 0 bridgehead atoms. The lowest BCUT2D eigenvalue weighted by molar-refractivity contribution is -0.128. The zero-order valence-electron chi connectivity index (χ0n) is 26.6. The van der Waals surface area contributed by atoms with Gasteiger partial charge in [0, 0.05) is 22.9 Å². The van der Waals surface area contributed by atoms with Gasteiger partial charge in [-0.1, -0.05) is 80.1 Å². The number of aliphatic hydroxyl groups is 1. The lowest BCUT2D eigenvalue weighted by atomic mass is 9.82. The molecule has 2 aromatic carbocycles. The van der Waals surface area contributed by atoms with Crippen molar-refractivity contribution in [1.82, 2.24) is 20.9 Å². The first-order valence-electron chi connectivity index (χ1n) is 15.8. The van der Waals surface area contributed by atoms with E-state index in [2.05, 4.69) is 20.9 Å². The number of para-hydroxylation sites is 1. The third kappa shape index (κ3) is 9.74. The molecule has 11 heteroatoms. The predicted octanol–water partition coefficient (Wildman–Crippen LogP) is 4.45. The van der Waals surface area contributed by atoms with Crippen molar-refractivity contribution in [1.29, 1.82) is 0 Å². The van der Waals surface area contributed by atoms with Crippen LogP contribution in [0, 0.1) is 5.92 Å². The number of aliphatic hydroxyl groups excluding tert-OH is 1. The molecule has 246 valence electrons. The van der Waals surface area contributed by atoms with E-state index in [4.69, 9.17) is 17.3 Å². The molecule has 10 nitrogen and oxygen atoms in total. The van der Waals surface area contributed by atoms with Gasteiger partial charge in [0.15, 0.2) is 0 Å². The quantitative estimate of drug-likeness (QED) is 0.195. The van der Waals surface area contributed by atoms with Gasteiger partial charge in [0.25, 0.3) is 11.8 Å². The van der Waals surface area contributed by atoms with Crippen LogP contribution in [0.5, 0.6) is 0 Å². The normalized spacial score (nSPS) is 15.8. The molecule has 0 radical (unpaired) electrons. The molecule has 46 heavy (non-hydrogen) atoms. The number of hydrogen-bond acceptors (Lipinski definition) is 6. The van der Waals surface area contributed by atoms with E-state index in [-0.39, 0.29) is 23.9 Å². The lowest BCUT2D eigenvalue weighted by Gasteiger charge is -2.32. The average molecular weight is 650 g/mol. The fourth-order valence-corrected chi connectivity index (χ4v) is 6.23. The summed E-state index contributed by atoms with van der Waals surface area (Å²) in [5.74, 6) is -2.11. The second-order valence-electron chi connectivity index (χ2n) is 13.2. The molecule has 3 aromatic rings. The highest BCUT2D eigenvalue weighted by molar-refractivity contribution is 6.35. The Morgan fingerprint density at radius 2 is 1.65 bits per heavy atom. The summed E-state index contributed by atoms with van der Waals surface area (Å²) >= 11 is 6.39. The summed E-state index contributed by atoms with van der Waals surface area (Å²) in [6, 6.07) is 13.5. The number of nitrogens with zero attached hydrogens (tertiary/aromatic N) is 1. The summed E-state index contributed by atoms with van der Waals surface area (Å²) in [6.45, 7) is 5.68. The van der Waals surface area contributed by atoms with Crippen LogP contribution >= 0.6 is 11.6 Å². The molecule has 1 aromatic heterocycles. The first kappa shape index (κ1) is 34.8. The molecular formula is C35H44ClN5O5. The maximum atomic E-state index is 13.7. The third-order valence-corrected chi connectivity index (χ3v) is 8.52. The second kappa shape index (κ2) is 15.5. The third-order valence-electron chi connectivity index (χ3n) is 8.21. The number of primary amides is 1. The van der Waals surface area contributed by atoms with Gasteiger partial charge in [-0.15, -0.1) is 0 Å². The smallest absolute Gasteiger partial charge is 0.270 e. The Labute approximate surface area is 274 Å². The van der Waals surface area contributed by atoms with Crippen LogP contribution < -0.4 is 21.7 Å². The van der Waals surface area contributed by atoms with Gasteiger partial charge >= 0.3 is 0 Å². The number of pyridine rings is 1. The van der Waals surface area contributed by atoms with Crippen molar-refractivity contribution in [2.24, 2.45) is 11.7 Å². The van der Waals surface area contributed by atoms with Crippen molar-refractivity contribution in [2.45, 2.75) is 95.9 Å². The Kier molecular flexibility index (Phi) is 11.8. The number of hydrogen-bond donors (Lipinski definition) is 5. The van der Waals surface area contributed by atoms with Gasteiger partial charge in [-0.05, 0) is 56.9 Å². The van der Waals surface area contributed by atoms with E-state index >= 15 is 0 Å². The molecule has 1 fully saturated rings. The van der Waals surface area contributed by atoms with E-state index in [1.165, 1.54) is 6.07 Å². The van der Waals surface area contributed by atoms with Gasteiger partial charge in [0.1, 0.15) is 11.7 Å². The average Bonchev–Trinajstić information content (AvgIpc) is 3.00. The maximum absolute atomic E-state index is 13.7. The van der Waals surface area contributed by atoms with Crippen LogP contribution in [0.2, 0.25) is 5.02 Å². The Bertz CT molecular complexity index is 1570. The molecule has 3 atom stereocenters. The number of nitrogens with two attached hydrogens (primary N) is 1. The van der Waals surface area contributed by atoms with Gasteiger partial charge in [-0.2, -0.15) is 0 Å². The summed E-state index contributed by atoms with van der Waals surface area (Å²) < 4.78 is 0. The van der Waals surface area contributed by atoms with Crippen LogP contribution in [0.1, 0.15) is 92.1 Å². The number of halogens is 1. The highest BCUT2D eigenvalue weighted by Crippen LogP contribution is 2.29. The molecule has 4 amide bonds. The van der Waals surface area contributed by atoms with Crippen LogP contribution in [0.3, 0.4) is 0 Å². The Hall–Kier alpha value is -4.02. The Balaban J connectivity index is 1.55. The SMILES string of the molecule is CC(C)(C)NC(=O)c1ccccc1C[C@@H](O)[C@H](CC1CCCCC1)NC(=O)[C@H](CC(N)=O)NC(=O)c1cc(Cl)c2ccccc2n1. The largest absolute Gasteiger partial charge is 0.391 e. The van der Waals surface area contributed by atoms with Crippen LogP contribution in [-0.2, 0) is 16.0 Å². The van der Waals surface area contributed by atoms with E-state index < -0.39 is 47.9 Å². The molecule has 6 N–H and O–H groups in total. The van der Waals surface area contributed by atoms with E-state index in [1.54, 1.807) is 48.5 Å². The van der Waals surface area contributed by atoms with Gasteiger partial charge in [0.2, 0.25) is 11.8 Å². The van der Waals surface area contributed by atoms with E-state index in [9.17, 15) is 24.3 Å². The molecule has 1 aliphatic rings. The van der Waals surface area contributed by atoms with Crippen molar-refractivity contribution in [3.8, 4) is 0 Å². The monoisotopic (exact) mass is 649 g/mol. The number of amides is 4. The highest BCUT2D eigenvalue weighted by Gasteiger charge is 2.32. The molecule has 0 spiro atoms. The van der Waals surface area contributed by atoms with E-state index in [0.29, 0.717) is 33.5 Å². The minimum absolute atomic E-state index is 0.0186. The summed E-state index contributed by atoms with van der Waals surface area (Å²) in [4.78, 5) is 56.4. The van der Waals surface area contributed by atoms with Crippen molar-refractivity contribution < 1.29 is 24.3 Å². The van der Waals surface area contributed by atoms with Crippen LogP contribution in [0.4, 0.5) is 0 Å². The van der Waals surface area contributed by atoms with Gasteiger partial charge in [0.05, 0.1) is 29.1 Å². The second-order valence-corrected chi connectivity index (χ2v) is 13.6. The number of fused-ring (bicyclic) bond motifs is 1. The topological polar surface area (TPSA) is 164 Å². The van der Waals surface area contributed by atoms with Crippen molar-refractivity contribution in [3.05, 3.63) is 76.4 Å². The van der Waals surface area contributed by atoms with Gasteiger partial charge < -0.3 is 26.8 Å². The minimum Gasteiger partial charge on any atom is -0.391 e. The van der Waals surface area contributed by atoms with Gasteiger partial charge in [-0.3, -0.25) is 19.2 Å². The van der Waals surface area contributed by atoms with Crippen LogP contribution in [-0.4, -0.2) is 57.4 Å². The number of carbonyl (C=O) groups excluding carboxylic acids is 4. The zero-order chi connectivity index (χ0) is 33.4. The molecule has 1 heterocycles. The van der Waals surface area contributed by atoms with Crippen LogP contribution in [0.25, 0.3) is 10.9 Å². The highest BCUT2D eigenvalue weighted by atomic mass is 35.5. The molecule has 4 rings (SSSR count). The van der Waals surface area contributed by atoms with Crippen molar-refractivity contribution in [3.63, 3.8) is 0 Å². The minimum atomic E-state index is -1.32. The van der Waals surface area contributed by atoms with Crippen molar-refractivity contribution in [2.75, 3.05) is 0 Å². The molecule has 1 saturated carbocycles. The number of aromatic nitrogens is 1. The van der Waals surface area contributed by atoms with E-state index in [0.717, 1.165) is 32.1 Å². The predicted molar refractivity (Wildman–Crippen MR) is 178 cm³/mol. The van der Waals surface area contributed by atoms with Gasteiger partial charge in [-0.25, -0.2) is 4.98 Å².